The monoisotopic (exact) mass is 741 g/mol. The molecule has 0 fully saturated rings. The molecule has 0 aromatic heterocycles. The molecule has 0 saturated carbocycles. The molecule has 0 amide bonds. The van der Waals surface area contributed by atoms with Crippen LogP contribution < -0.4 is 0 Å². The Morgan fingerprint density at radius 1 is 0.538 bits per heavy atom. The van der Waals surface area contributed by atoms with E-state index < -0.39 is 5.60 Å². The van der Waals surface area contributed by atoms with Crippen LogP contribution in [0, 0.1) is 17.3 Å². The standard InChI is InChI=1S/C11H20O4.C11H20O2.C10H16O2.C9H16O3/c1-5-11(6-2,7-14-9(3)12)8-15-10(4)13;1-5-10(6-2)7-11(8(3)12)9(4)13;1-5-9(6-2)10(7(3)11)8(4)12;1-5-9(7(3)10,8(4)11)12-6-2/h5-8H2,1-4H3;10-11H,5-7H2,1-4H3;2*5-6H2,1-4H3. The molecule has 0 saturated heterocycles. The summed E-state index contributed by atoms with van der Waals surface area (Å²) in [7, 11) is 0. The fourth-order valence-corrected chi connectivity index (χ4v) is 5.43. The molecule has 0 bridgehead atoms. The Morgan fingerprint density at radius 2 is 0.904 bits per heavy atom. The summed E-state index contributed by atoms with van der Waals surface area (Å²) in [6.07, 6.45) is 6.42. The van der Waals surface area contributed by atoms with E-state index in [2.05, 4.69) is 13.8 Å². The van der Waals surface area contributed by atoms with Crippen LogP contribution >= 0.6 is 0 Å². The molecule has 11 heteroatoms. The summed E-state index contributed by atoms with van der Waals surface area (Å²) in [5.41, 5.74) is -0.0541. The Labute approximate surface area is 314 Å². The molecule has 0 spiro atoms. The summed E-state index contributed by atoms with van der Waals surface area (Å²) in [5, 5.41) is 0. The van der Waals surface area contributed by atoms with Gasteiger partial charge in [-0.25, -0.2) is 0 Å². The van der Waals surface area contributed by atoms with Gasteiger partial charge >= 0.3 is 11.9 Å². The fraction of sp³-hybridized carbons (Fsp3) is 0.756. The van der Waals surface area contributed by atoms with Crippen molar-refractivity contribution in [2.24, 2.45) is 17.3 Å². The van der Waals surface area contributed by atoms with Crippen molar-refractivity contribution in [3.8, 4) is 0 Å². The van der Waals surface area contributed by atoms with Gasteiger partial charge in [-0.15, -0.1) is 0 Å². The molecule has 0 N–H and O–H groups in total. The summed E-state index contributed by atoms with van der Waals surface area (Å²) < 4.78 is 15.2. The van der Waals surface area contributed by atoms with Gasteiger partial charge in [-0.2, -0.15) is 0 Å². The highest BCUT2D eigenvalue weighted by Crippen LogP contribution is 2.27. The molecule has 0 aromatic carbocycles. The molecule has 302 valence electrons. The molecule has 11 nitrogen and oxygen atoms in total. The summed E-state index contributed by atoms with van der Waals surface area (Å²) in [6.45, 7) is 28.1. The minimum absolute atomic E-state index is 0.0133. The number of rotatable bonds is 21. The lowest BCUT2D eigenvalue weighted by Crippen LogP contribution is -2.46. The maximum atomic E-state index is 11.2. The van der Waals surface area contributed by atoms with Crippen LogP contribution in [0.2, 0.25) is 0 Å². The topological polar surface area (TPSA) is 164 Å². The van der Waals surface area contributed by atoms with Crippen molar-refractivity contribution in [3.05, 3.63) is 11.1 Å². The minimum Gasteiger partial charge on any atom is -0.465 e. The average molecular weight is 741 g/mol. The van der Waals surface area contributed by atoms with Gasteiger partial charge in [-0.05, 0) is 92.9 Å². The summed E-state index contributed by atoms with van der Waals surface area (Å²) in [5.74, 6) is -1.06. The number of hydrogen-bond donors (Lipinski definition) is 0. The summed E-state index contributed by atoms with van der Waals surface area (Å²) in [6, 6.07) is 0. The molecule has 0 aromatic rings. The molecule has 0 aliphatic heterocycles. The Morgan fingerprint density at radius 3 is 1.06 bits per heavy atom. The number of hydrogen-bond acceptors (Lipinski definition) is 11. The van der Waals surface area contributed by atoms with Crippen LogP contribution in [0.15, 0.2) is 11.1 Å². The van der Waals surface area contributed by atoms with Gasteiger partial charge in [-0.1, -0.05) is 66.9 Å². The van der Waals surface area contributed by atoms with Crippen molar-refractivity contribution < 1.29 is 52.6 Å². The van der Waals surface area contributed by atoms with Gasteiger partial charge in [0.2, 0.25) is 0 Å². The van der Waals surface area contributed by atoms with Crippen LogP contribution in [0.1, 0.15) is 162 Å². The Bertz CT molecular complexity index is 1100. The van der Waals surface area contributed by atoms with Crippen molar-refractivity contribution in [3.63, 3.8) is 0 Å². The van der Waals surface area contributed by atoms with E-state index in [0.717, 1.165) is 50.5 Å². The highest BCUT2D eigenvalue weighted by molar-refractivity contribution is 6.19. The van der Waals surface area contributed by atoms with E-state index in [0.29, 0.717) is 37.7 Å². The lowest BCUT2D eigenvalue weighted by molar-refractivity contribution is -0.156. The first-order chi connectivity index (χ1) is 24.0. The largest absolute Gasteiger partial charge is 0.465 e. The number of Topliss-reactive ketones (excluding diaryl/α,β-unsaturated/α-hetero) is 6. The second-order valence-corrected chi connectivity index (χ2v) is 13.0. The maximum absolute atomic E-state index is 11.2. The summed E-state index contributed by atoms with van der Waals surface area (Å²) in [4.78, 5) is 88.2. The first-order valence-electron chi connectivity index (χ1n) is 18.7. The Balaban J connectivity index is -0.000000297. The number of ketones is 6. The second-order valence-electron chi connectivity index (χ2n) is 13.0. The molecule has 0 unspecified atom stereocenters. The van der Waals surface area contributed by atoms with Crippen LogP contribution in [0.5, 0.6) is 0 Å². The zero-order chi connectivity index (χ0) is 41.8. The zero-order valence-corrected chi connectivity index (χ0v) is 35.4. The minimum atomic E-state index is -1.19. The van der Waals surface area contributed by atoms with E-state index in [1.54, 1.807) is 13.8 Å². The highest BCUT2D eigenvalue weighted by atomic mass is 16.5. The van der Waals surface area contributed by atoms with Crippen LogP contribution in [-0.4, -0.2) is 72.1 Å². The third-order valence-electron chi connectivity index (χ3n) is 9.31. The van der Waals surface area contributed by atoms with Crippen molar-refractivity contribution in [1.82, 2.24) is 0 Å². The predicted octanol–water partition coefficient (Wildman–Crippen LogP) is 8.16. The lowest BCUT2D eigenvalue weighted by atomic mass is 9.84. The molecule has 0 heterocycles. The summed E-state index contributed by atoms with van der Waals surface area (Å²) >= 11 is 0. The smallest absolute Gasteiger partial charge is 0.302 e. The van der Waals surface area contributed by atoms with E-state index in [4.69, 9.17) is 14.2 Å². The molecular weight excluding hydrogens is 668 g/mol. The number of allylic oxidation sites excluding steroid dienone is 2. The van der Waals surface area contributed by atoms with Crippen LogP contribution in [0.25, 0.3) is 0 Å². The Kier molecular flexibility index (Phi) is 32.1. The third kappa shape index (κ3) is 22.6. The number of esters is 2. The fourth-order valence-electron chi connectivity index (χ4n) is 5.43. The van der Waals surface area contributed by atoms with E-state index >= 15 is 0 Å². The quantitative estimate of drug-likeness (QED) is 0.0483. The van der Waals surface area contributed by atoms with Crippen molar-refractivity contribution >= 4 is 46.6 Å². The van der Waals surface area contributed by atoms with Crippen LogP contribution in [0.3, 0.4) is 0 Å². The number of carbonyl (C=O) groups is 8. The molecule has 0 aliphatic rings. The lowest BCUT2D eigenvalue weighted by Gasteiger charge is -2.29. The van der Waals surface area contributed by atoms with E-state index in [9.17, 15) is 38.4 Å². The van der Waals surface area contributed by atoms with Gasteiger partial charge < -0.3 is 14.2 Å². The van der Waals surface area contributed by atoms with Gasteiger partial charge in [0.05, 0.1) is 11.5 Å². The van der Waals surface area contributed by atoms with Crippen molar-refractivity contribution in [1.29, 1.82) is 0 Å². The van der Waals surface area contributed by atoms with Gasteiger partial charge in [0, 0.05) is 25.9 Å². The van der Waals surface area contributed by atoms with E-state index in [1.807, 2.05) is 27.7 Å². The molecular formula is C41H72O11. The second kappa shape index (κ2) is 30.2. The first-order valence-corrected chi connectivity index (χ1v) is 18.7. The Hall–Kier alpha value is -3.34. The first kappa shape index (κ1) is 55.4. The van der Waals surface area contributed by atoms with Gasteiger partial charge in [0.25, 0.3) is 0 Å². The average Bonchev–Trinajstić information content (AvgIpc) is 3.06. The SMILES string of the molecule is CCC(CC)(COC(C)=O)COC(C)=O.CCC(CC)=C(C(C)=O)C(C)=O.CCC(CC)CC(C(C)=O)C(C)=O.CCOC(CC)(C(C)=O)C(C)=O. The van der Waals surface area contributed by atoms with Gasteiger partial charge in [-0.3, -0.25) is 38.4 Å². The van der Waals surface area contributed by atoms with Crippen molar-refractivity contribution in [2.45, 2.75) is 168 Å². The number of ether oxygens (including phenoxy) is 3. The molecule has 52 heavy (non-hydrogen) atoms. The maximum Gasteiger partial charge on any atom is 0.302 e. The van der Waals surface area contributed by atoms with E-state index in [1.165, 1.54) is 55.4 Å². The van der Waals surface area contributed by atoms with E-state index in [-0.39, 0.29) is 58.0 Å². The predicted molar refractivity (Wildman–Crippen MR) is 205 cm³/mol. The van der Waals surface area contributed by atoms with Gasteiger partial charge in [0.15, 0.2) is 28.7 Å². The highest BCUT2D eigenvalue weighted by Gasteiger charge is 2.39. The number of carbonyl (C=O) groups excluding carboxylic acids is 8. The third-order valence-corrected chi connectivity index (χ3v) is 9.31. The normalized spacial score (nSPS) is 10.7. The van der Waals surface area contributed by atoms with Crippen molar-refractivity contribution in [2.75, 3.05) is 19.8 Å². The zero-order valence-electron chi connectivity index (χ0n) is 35.4. The molecule has 0 aliphatic carbocycles. The molecule has 0 rings (SSSR count). The van der Waals surface area contributed by atoms with Crippen LogP contribution in [0.4, 0.5) is 0 Å². The molecule has 0 radical (unpaired) electrons. The van der Waals surface area contributed by atoms with Gasteiger partial charge in [0.1, 0.15) is 24.8 Å². The van der Waals surface area contributed by atoms with Crippen LogP contribution in [-0.2, 0) is 52.6 Å². The molecule has 0 atom stereocenters.